The first-order chi connectivity index (χ1) is 15.5. The van der Waals surface area contributed by atoms with Crippen molar-refractivity contribution in [1.29, 1.82) is 0 Å². The van der Waals surface area contributed by atoms with Crippen LogP contribution in [0, 0.1) is 47.4 Å². The average Bonchev–Trinajstić information content (AvgIpc) is 2.78. The summed E-state index contributed by atoms with van der Waals surface area (Å²) >= 11 is 0. The van der Waals surface area contributed by atoms with Crippen molar-refractivity contribution >= 4 is 11.4 Å². The number of aromatic hydroxyl groups is 2. The fourth-order valence-electron chi connectivity index (χ4n) is 2.86. The molecule has 0 aliphatic heterocycles. The van der Waals surface area contributed by atoms with Crippen molar-refractivity contribution in [3.05, 3.63) is 59.7 Å². The van der Waals surface area contributed by atoms with Crippen LogP contribution in [0.15, 0.2) is 58.5 Å². The Morgan fingerprint density at radius 2 is 1.00 bits per heavy atom. The maximum absolute atomic E-state index is 10.3. The molecule has 4 nitrogen and oxygen atoms in total. The van der Waals surface area contributed by atoms with Gasteiger partial charge in [0.05, 0.1) is 11.1 Å². The molecule has 0 amide bonds. The van der Waals surface area contributed by atoms with Gasteiger partial charge in [0.15, 0.2) is 0 Å². The van der Waals surface area contributed by atoms with Crippen molar-refractivity contribution in [3.8, 4) is 58.9 Å². The number of hydrogen-bond acceptors (Lipinski definition) is 4. The highest BCUT2D eigenvalue weighted by atomic mass is 16.3. The van der Waals surface area contributed by atoms with Crippen LogP contribution in [0.4, 0.5) is 0 Å². The quantitative estimate of drug-likeness (QED) is 0.562. The first-order valence-corrected chi connectivity index (χ1v) is 9.98. The van der Waals surface area contributed by atoms with E-state index in [0.29, 0.717) is 22.6 Å². The zero-order valence-electron chi connectivity index (χ0n) is 18.6. The van der Waals surface area contributed by atoms with E-state index in [9.17, 15) is 10.2 Å². The highest BCUT2D eigenvalue weighted by Crippen LogP contribution is 2.20. The monoisotopic (exact) mass is 420 g/mol. The highest BCUT2D eigenvalue weighted by molar-refractivity contribution is 6.15. The van der Waals surface area contributed by atoms with Crippen LogP contribution in [0.5, 0.6) is 11.5 Å². The van der Waals surface area contributed by atoms with Gasteiger partial charge in [-0.3, -0.25) is 9.98 Å². The van der Waals surface area contributed by atoms with Crippen LogP contribution in [0.3, 0.4) is 0 Å². The number of benzene rings is 2. The maximum atomic E-state index is 10.3. The fourth-order valence-corrected chi connectivity index (χ4v) is 2.86. The summed E-state index contributed by atoms with van der Waals surface area (Å²) in [4.78, 5) is 9.45. The van der Waals surface area contributed by atoms with Crippen molar-refractivity contribution in [1.82, 2.24) is 0 Å². The molecule has 4 heteroatoms. The van der Waals surface area contributed by atoms with E-state index >= 15 is 0 Å². The van der Waals surface area contributed by atoms with Crippen LogP contribution in [0.25, 0.3) is 0 Å². The van der Waals surface area contributed by atoms with Gasteiger partial charge in [-0.25, -0.2) is 0 Å². The van der Waals surface area contributed by atoms with E-state index in [1.165, 1.54) is 0 Å². The Bertz CT molecular complexity index is 1170. The molecular formula is C28H24N2O2. The lowest BCUT2D eigenvalue weighted by Crippen LogP contribution is -2.23. The van der Waals surface area contributed by atoms with Crippen LogP contribution in [-0.2, 0) is 0 Å². The molecule has 0 bridgehead atoms. The molecule has 0 heterocycles. The minimum Gasteiger partial charge on any atom is -0.507 e. The van der Waals surface area contributed by atoms with E-state index in [0.717, 1.165) is 0 Å². The van der Waals surface area contributed by atoms with Crippen molar-refractivity contribution < 1.29 is 10.2 Å². The van der Waals surface area contributed by atoms with Gasteiger partial charge in [-0.05, 0) is 63.8 Å². The predicted molar refractivity (Wildman–Crippen MR) is 131 cm³/mol. The molecule has 0 radical (unpaired) electrons. The maximum Gasteiger partial charge on any atom is 0.145 e. The predicted octanol–water partition coefficient (Wildman–Crippen LogP) is 4.21. The van der Waals surface area contributed by atoms with E-state index in [1.807, 2.05) is 0 Å². The summed E-state index contributed by atoms with van der Waals surface area (Å²) in [7, 11) is 0. The van der Waals surface area contributed by atoms with Crippen LogP contribution >= 0.6 is 0 Å². The Labute approximate surface area is 190 Å². The summed E-state index contributed by atoms with van der Waals surface area (Å²) in [5.74, 6) is 23.6. The molecule has 0 aliphatic rings. The molecule has 0 spiro atoms. The topological polar surface area (TPSA) is 65.2 Å². The number of nitrogens with zero attached hydrogens (tertiary/aromatic N) is 2. The number of phenolic OH excluding ortho intramolecular Hbond substituents is 2. The number of phenols is 2. The number of aliphatic imine (C=N–C) groups is 2. The van der Waals surface area contributed by atoms with Crippen molar-refractivity contribution in [2.75, 3.05) is 0 Å². The minimum atomic E-state index is -0.664. The molecule has 2 atom stereocenters. The first kappa shape index (κ1) is 23.9. The van der Waals surface area contributed by atoms with Gasteiger partial charge < -0.3 is 10.2 Å². The van der Waals surface area contributed by atoms with E-state index < -0.39 is 12.1 Å². The Balaban J connectivity index is 2.69. The van der Waals surface area contributed by atoms with Crippen molar-refractivity contribution in [2.45, 2.75) is 39.8 Å². The normalized spacial score (nSPS) is 12.4. The molecule has 32 heavy (non-hydrogen) atoms. The van der Waals surface area contributed by atoms with Gasteiger partial charge >= 0.3 is 0 Å². The first-order valence-electron chi connectivity index (χ1n) is 9.98. The average molecular weight is 421 g/mol. The number of rotatable bonds is 5. The van der Waals surface area contributed by atoms with Gasteiger partial charge in [-0.15, -0.1) is 11.8 Å². The third kappa shape index (κ3) is 6.31. The van der Waals surface area contributed by atoms with Gasteiger partial charge in [-0.2, -0.15) is 0 Å². The lowest BCUT2D eigenvalue weighted by atomic mass is 10.0. The summed E-state index contributed by atoms with van der Waals surface area (Å²) in [6.45, 7) is 6.82. The largest absolute Gasteiger partial charge is 0.507 e. The summed E-state index contributed by atoms with van der Waals surface area (Å²) < 4.78 is 0. The van der Waals surface area contributed by atoms with Crippen molar-refractivity contribution in [3.63, 3.8) is 0 Å². The Morgan fingerprint density at radius 1 is 0.625 bits per heavy atom. The lowest BCUT2D eigenvalue weighted by molar-refractivity contribution is 0.473. The molecule has 0 saturated carbocycles. The van der Waals surface area contributed by atoms with Crippen LogP contribution in [-0.4, -0.2) is 33.7 Å². The number of para-hydroxylation sites is 2. The Hall–Kier alpha value is -4.38. The molecule has 0 saturated heterocycles. The smallest absolute Gasteiger partial charge is 0.145 e. The highest BCUT2D eigenvalue weighted by Gasteiger charge is 2.20. The summed E-state index contributed by atoms with van der Waals surface area (Å²) in [5.41, 5.74) is 1.79. The number of hydrogen-bond donors (Lipinski definition) is 2. The van der Waals surface area contributed by atoms with Gasteiger partial charge in [0.2, 0.25) is 0 Å². The van der Waals surface area contributed by atoms with E-state index in [4.69, 9.17) is 9.98 Å². The second kappa shape index (κ2) is 12.3. The fraction of sp³-hybridized carbons (Fsp3) is 0.214. The molecule has 0 fully saturated rings. The standard InChI is InChI=1S/C28H24N2O2/c1-5-13-23(21-17-9-11-19-27(21)31)29-25(15-7-3)26(16-8-4)30-24(14-6-2)22-18-10-12-20-28(22)32/h9-12,17-20,25-26,31-32H,1-4H3. The van der Waals surface area contributed by atoms with Gasteiger partial charge in [0, 0.05) is 0 Å². The molecule has 2 unspecified atom stereocenters. The molecular weight excluding hydrogens is 396 g/mol. The SMILES string of the molecule is CC#CC(=NC(C#CC)C(C#CC)N=C(C#CC)c1ccccc1O)c1ccccc1O. The molecule has 0 aliphatic carbocycles. The van der Waals surface area contributed by atoms with Crippen LogP contribution < -0.4 is 0 Å². The summed E-state index contributed by atoms with van der Waals surface area (Å²) in [6, 6.07) is 12.4. The Morgan fingerprint density at radius 3 is 1.31 bits per heavy atom. The van der Waals surface area contributed by atoms with E-state index in [2.05, 4.69) is 47.4 Å². The molecule has 2 aromatic rings. The van der Waals surface area contributed by atoms with Crippen LogP contribution in [0.1, 0.15) is 38.8 Å². The molecule has 2 rings (SSSR count). The van der Waals surface area contributed by atoms with E-state index in [1.54, 1.807) is 76.2 Å². The molecule has 2 N–H and O–H groups in total. The summed E-state index contributed by atoms with van der Waals surface area (Å²) in [6.07, 6.45) is 0. The second-order valence-corrected chi connectivity index (χ2v) is 6.42. The van der Waals surface area contributed by atoms with Gasteiger partial charge in [0.25, 0.3) is 0 Å². The zero-order valence-corrected chi connectivity index (χ0v) is 18.6. The lowest BCUT2D eigenvalue weighted by Gasteiger charge is -2.14. The van der Waals surface area contributed by atoms with Gasteiger partial charge in [0.1, 0.15) is 35.0 Å². The minimum absolute atomic E-state index is 0.0746. The van der Waals surface area contributed by atoms with Crippen molar-refractivity contribution in [2.24, 2.45) is 9.98 Å². The molecule has 158 valence electrons. The Kier molecular flexibility index (Phi) is 9.22. The zero-order chi connectivity index (χ0) is 23.3. The third-order valence-corrected chi connectivity index (χ3v) is 4.23. The third-order valence-electron chi connectivity index (χ3n) is 4.23. The molecule has 2 aromatic carbocycles. The van der Waals surface area contributed by atoms with Crippen LogP contribution in [0.2, 0.25) is 0 Å². The second-order valence-electron chi connectivity index (χ2n) is 6.42. The van der Waals surface area contributed by atoms with E-state index in [-0.39, 0.29) is 11.5 Å². The molecule has 0 aromatic heterocycles. The summed E-state index contributed by atoms with van der Waals surface area (Å²) in [5, 5.41) is 20.6. The van der Waals surface area contributed by atoms with Gasteiger partial charge in [-0.1, -0.05) is 47.9 Å².